The van der Waals surface area contributed by atoms with E-state index in [1.165, 1.54) is 6.07 Å². The van der Waals surface area contributed by atoms with Crippen LogP contribution in [0.3, 0.4) is 0 Å². The van der Waals surface area contributed by atoms with E-state index in [2.05, 4.69) is 4.72 Å². The normalized spacial score (nSPS) is 12.0. The van der Waals surface area contributed by atoms with E-state index in [0.29, 0.717) is 22.6 Å². The van der Waals surface area contributed by atoms with Crippen LogP contribution in [0.2, 0.25) is 0 Å². The van der Waals surface area contributed by atoms with Gasteiger partial charge in [0.25, 0.3) is 10.0 Å². The number of carbonyl (C=O) groups is 1. The van der Waals surface area contributed by atoms with Gasteiger partial charge in [-0.2, -0.15) is 13.2 Å². The first-order valence-electron chi connectivity index (χ1n) is 7.70. The van der Waals surface area contributed by atoms with Crippen molar-refractivity contribution in [3.63, 3.8) is 0 Å². The lowest BCUT2D eigenvalue weighted by atomic mass is 10.2. The van der Waals surface area contributed by atoms with Gasteiger partial charge in [0, 0.05) is 4.88 Å². The zero-order valence-corrected chi connectivity index (χ0v) is 15.5. The summed E-state index contributed by atoms with van der Waals surface area (Å²) < 4.78 is 65.1. The summed E-state index contributed by atoms with van der Waals surface area (Å²) in [7, 11) is -4.27. The molecule has 0 bridgehead atoms. The molecule has 0 fully saturated rings. The molecule has 5 nitrogen and oxygen atoms in total. The number of rotatable bonds is 5. The Morgan fingerprint density at radius 1 is 1.00 bits per heavy atom. The van der Waals surface area contributed by atoms with Crippen LogP contribution < -0.4 is 4.72 Å². The Bertz CT molecular complexity index is 1110. The number of thiophene rings is 1. The zero-order valence-electron chi connectivity index (χ0n) is 13.9. The molecule has 1 aromatic heterocycles. The first-order valence-corrected chi connectivity index (χ1v) is 10.0. The van der Waals surface area contributed by atoms with Crippen LogP contribution in [0.5, 0.6) is 0 Å². The highest BCUT2D eigenvalue weighted by Gasteiger charge is 2.31. The smallest absolute Gasteiger partial charge is 0.416 e. The lowest BCUT2D eigenvalue weighted by molar-refractivity contribution is -0.137. The van der Waals surface area contributed by atoms with E-state index in [-0.39, 0.29) is 10.6 Å². The molecule has 28 heavy (non-hydrogen) atoms. The van der Waals surface area contributed by atoms with Gasteiger partial charge in [0.05, 0.1) is 16.1 Å². The van der Waals surface area contributed by atoms with Gasteiger partial charge in [-0.05, 0) is 35.9 Å². The van der Waals surface area contributed by atoms with Crippen LogP contribution in [0.25, 0.3) is 10.4 Å². The number of nitrogens with one attached hydrogen (secondary N) is 1. The zero-order chi connectivity index (χ0) is 20.5. The summed E-state index contributed by atoms with van der Waals surface area (Å²) in [6, 6.07) is 13.1. The third-order valence-corrected chi connectivity index (χ3v) is 6.27. The number of alkyl halides is 3. The van der Waals surface area contributed by atoms with E-state index in [1.54, 1.807) is 30.3 Å². The van der Waals surface area contributed by atoms with Crippen molar-refractivity contribution < 1.29 is 31.5 Å². The molecule has 0 radical (unpaired) electrons. The van der Waals surface area contributed by atoms with Crippen molar-refractivity contribution in [2.45, 2.75) is 11.1 Å². The topological polar surface area (TPSA) is 83.5 Å². The maximum Gasteiger partial charge on any atom is 0.416 e. The molecule has 146 valence electrons. The number of carboxylic acids is 1. The van der Waals surface area contributed by atoms with Crippen molar-refractivity contribution in [2.75, 3.05) is 4.72 Å². The van der Waals surface area contributed by atoms with E-state index in [1.807, 2.05) is 0 Å². The lowest BCUT2D eigenvalue weighted by Crippen LogP contribution is -2.15. The number of hydrogen-bond acceptors (Lipinski definition) is 4. The molecule has 0 aliphatic rings. The van der Waals surface area contributed by atoms with Crippen molar-refractivity contribution in [1.29, 1.82) is 0 Å². The third kappa shape index (κ3) is 4.18. The summed E-state index contributed by atoms with van der Waals surface area (Å²) in [5, 5.41) is 9.37. The fourth-order valence-electron chi connectivity index (χ4n) is 2.40. The van der Waals surface area contributed by atoms with Crippen LogP contribution in [0, 0.1) is 0 Å². The minimum atomic E-state index is -4.59. The van der Waals surface area contributed by atoms with E-state index < -0.39 is 32.6 Å². The monoisotopic (exact) mass is 427 g/mol. The number of benzene rings is 2. The second kappa shape index (κ2) is 7.28. The molecular formula is C18H12F3NO4S2. The van der Waals surface area contributed by atoms with Crippen LogP contribution in [-0.4, -0.2) is 19.5 Å². The average Bonchev–Trinajstić information content (AvgIpc) is 3.05. The molecular weight excluding hydrogens is 415 g/mol. The third-order valence-electron chi connectivity index (χ3n) is 3.72. The number of hydrogen-bond donors (Lipinski definition) is 2. The van der Waals surface area contributed by atoms with Gasteiger partial charge < -0.3 is 5.11 Å². The van der Waals surface area contributed by atoms with Crippen molar-refractivity contribution in [1.82, 2.24) is 0 Å². The molecule has 3 rings (SSSR count). The average molecular weight is 427 g/mol. The molecule has 0 aliphatic heterocycles. The van der Waals surface area contributed by atoms with Gasteiger partial charge in [0.1, 0.15) is 4.88 Å². The van der Waals surface area contributed by atoms with Crippen LogP contribution in [0.15, 0.2) is 65.6 Å². The summed E-state index contributed by atoms with van der Waals surface area (Å²) in [6.07, 6.45) is -4.59. The lowest BCUT2D eigenvalue weighted by Gasteiger charge is -2.10. The van der Waals surface area contributed by atoms with Crippen molar-refractivity contribution in [3.05, 3.63) is 71.1 Å². The molecule has 0 atom stereocenters. The standard InChI is InChI=1S/C18H12F3NO4S2/c19-18(20,21)12-6-8-13(9-7-12)28(25,26)22-14-10-15(27-16(14)17(23)24)11-4-2-1-3-5-11/h1-10,22H,(H,23,24). The minimum absolute atomic E-state index is 0.156. The molecule has 0 saturated heterocycles. The summed E-state index contributed by atoms with van der Waals surface area (Å²) in [5.74, 6) is -1.32. The highest BCUT2D eigenvalue weighted by atomic mass is 32.2. The molecule has 10 heteroatoms. The maximum absolute atomic E-state index is 12.6. The highest BCUT2D eigenvalue weighted by molar-refractivity contribution is 7.92. The van der Waals surface area contributed by atoms with Crippen LogP contribution in [-0.2, 0) is 16.2 Å². The van der Waals surface area contributed by atoms with E-state index in [0.717, 1.165) is 23.5 Å². The Hall–Kier alpha value is -2.85. The summed E-state index contributed by atoms with van der Waals surface area (Å²) in [6.45, 7) is 0. The van der Waals surface area contributed by atoms with Crippen molar-refractivity contribution in [2.24, 2.45) is 0 Å². The highest BCUT2D eigenvalue weighted by Crippen LogP contribution is 2.36. The molecule has 0 aliphatic carbocycles. The van der Waals surface area contributed by atoms with E-state index in [9.17, 15) is 31.5 Å². The Labute approximate surface area is 162 Å². The first-order chi connectivity index (χ1) is 13.1. The largest absolute Gasteiger partial charge is 0.477 e. The van der Waals surface area contributed by atoms with Gasteiger partial charge in [0.15, 0.2) is 0 Å². The first kappa shape index (κ1) is 19.9. The number of aromatic carboxylic acids is 1. The van der Waals surface area contributed by atoms with Gasteiger partial charge in [0.2, 0.25) is 0 Å². The Kier molecular flexibility index (Phi) is 5.18. The van der Waals surface area contributed by atoms with Crippen LogP contribution in [0.4, 0.5) is 18.9 Å². The molecule has 0 saturated carbocycles. The molecule has 2 aromatic carbocycles. The van der Waals surface area contributed by atoms with Gasteiger partial charge in [-0.25, -0.2) is 13.2 Å². The predicted molar refractivity (Wildman–Crippen MR) is 99.0 cm³/mol. The fraction of sp³-hybridized carbons (Fsp3) is 0.0556. The minimum Gasteiger partial charge on any atom is -0.477 e. The van der Waals surface area contributed by atoms with Gasteiger partial charge in [-0.15, -0.1) is 11.3 Å². The SMILES string of the molecule is O=C(O)c1sc(-c2ccccc2)cc1NS(=O)(=O)c1ccc(C(F)(F)F)cc1. The molecule has 0 spiro atoms. The Morgan fingerprint density at radius 3 is 2.14 bits per heavy atom. The molecule has 3 aromatic rings. The molecule has 2 N–H and O–H groups in total. The Balaban J connectivity index is 1.96. The maximum atomic E-state index is 12.6. The van der Waals surface area contributed by atoms with Crippen LogP contribution >= 0.6 is 11.3 Å². The van der Waals surface area contributed by atoms with Crippen molar-refractivity contribution >= 4 is 33.0 Å². The van der Waals surface area contributed by atoms with Gasteiger partial charge in [-0.3, -0.25) is 4.72 Å². The Morgan fingerprint density at radius 2 is 1.61 bits per heavy atom. The van der Waals surface area contributed by atoms with E-state index >= 15 is 0 Å². The quantitative estimate of drug-likeness (QED) is 0.605. The molecule has 0 amide bonds. The van der Waals surface area contributed by atoms with Crippen molar-refractivity contribution in [3.8, 4) is 10.4 Å². The second-order valence-corrected chi connectivity index (χ2v) is 8.39. The molecule has 0 unspecified atom stereocenters. The molecule has 1 heterocycles. The number of anilines is 1. The second-order valence-electron chi connectivity index (χ2n) is 5.65. The van der Waals surface area contributed by atoms with Gasteiger partial charge >= 0.3 is 12.1 Å². The summed E-state index contributed by atoms with van der Waals surface area (Å²) >= 11 is 0.887. The summed E-state index contributed by atoms with van der Waals surface area (Å²) in [5.41, 5.74) is -0.439. The van der Waals surface area contributed by atoms with E-state index in [4.69, 9.17) is 0 Å². The summed E-state index contributed by atoms with van der Waals surface area (Å²) in [4.78, 5) is 11.4. The predicted octanol–water partition coefficient (Wildman–Crippen LogP) is 4.93. The van der Waals surface area contributed by atoms with Crippen LogP contribution in [0.1, 0.15) is 15.2 Å². The fourth-order valence-corrected chi connectivity index (χ4v) is 4.48. The number of carboxylic acid groups (broad SMARTS) is 1. The van der Waals surface area contributed by atoms with Gasteiger partial charge in [-0.1, -0.05) is 30.3 Å². The number of halogens is 3. The number of sulfonamides is 1.